The van der Waals surface area contributed by atoms with Crippen molar-refractivity contribution in [3.8, 4) is 11.8 Å². The lowest BCUT2D eigenvalue weighted by Crippen LogP contribution is -2.13. The van der Waals surface area contributed by atoms with Crippen molar-refractivity contribution in [1.29, 1.82) is 5.26 Å². The highest BCUT2D eigenvalue weighted by Crippen LogP contribution is 2.49. The number of hydrogen-bond acceptors (Lipinski definition) is 2. The first-order chi connectivity index (χ1) is 7.67. The summed E-state index contributed by atoms with van der Waals surface area (Å²) in [4.78, 5) is 0. The Morgan fingerprint density at radius 2 is 2.25 bits per heavy atom. The lowest BCUT2D eigenvalue weighted by Gasteiger charge is -2.14. The van der Waals surface area contributed by atoms with Crippen molar-refractivity contribution in [2.24, 2.45) is 5.41 Å². The van der Waals surface area contributed by atoms with E-state index >= 15 is 0 Å². The number of nitriles is 1. The van der Waals surface area contributed by atoms with E-state index in [2.05, 4.69) is 6.07 Å². The maximum Gasteiger partial charge on any atom is 0.173 e. The highest BCUT2D eigenvalue weighted by atomic mass is 35.5. The van der Waals surface area contributed by atoms with Crippen LogP contribution in [0.5, 0.6) is 5.75 Å². The summed E-state index contributed by atoms with van der Waals surface area (Å²) in [5, 5.41) is 8.91. The van der Waals surface area contributed by atoms with Crippen molar-refractivity contribution in [3.05, 3.63) is 29.0 Å². The van der Waals surface area contributed by atoms with Gasteiger partial charge in [0.1, 0.15) is 0 Å². The highest BCUT2D eigenvalue weighted by Gasteiger charge is 2.43. The van der Waals surface area contributed by atoms with Gasteiger partial charge in [0.2, 0.25) is 0 Å². The molecular formula is C12H11ClFNO. The summed E-state index contributed by atoms with van der Waals surface area (Å²) in [6.07, 6.45) is 2.39. The van der Waals surface area contributed by atoms with Gasteiger partial charge in [-0.05, 0) is 25.0 Å². The van der Waals surface area contributed by atoms with Gasteiger partial charge in [-0.3, -0.25) is 0 Å². The molecule has 0 unspecified atom stereocenters. The second-order valence-corrected chi connectivity index (χ2v) is 4.58. The summed E-state index contributed by atoms with van der Waals surface area (Å²) in [6, 6.07) is 6.56. The lowest BCUT2D eigenvalue weighted by molar-refractivity contribution is 0.228. The third-order valence-electron chi connectivity index (χ3n) is 2.85. The fraction of sp³-hybridized carbons (Fsp3) is 0.417. The Kier molecular flexibility index (Phi) is 3.02. The molecule has 0 saturated heterocycles. The molecule has 0 radical (unpaired) electrons. The Balaban J connectivity index is 2.03. The fourth-order valence-electron chi connectivity index (χ4n) is 1.56. The quantitative estimate of drug-likeness (QED) is 0.805. The lowest BCUT2D eigenvalue weighted by atomic mass is 10.1. The van der Waals surface area contributed by atoms with E-state index in [0.29, 0.717) is 13.0 Å². The van der Waals surface area contributed by atoms with Crippen LogP contribution in [0.25, 0.3) is 0 Å². The van der Waals surface area contributed by atoms with Crippen molar-refractivity contribution in [2.45, 2.75) is 19.3 Å². The second kappa shape index (κ2) is 4.31. The first-order valence-electron chi connectivity index (χ1n) is 5.11. The molecule has 1 aromatic carbocycles. The molecule has 0 N–H and O–H groups in total. The average molecular weight is 240 g/mol. The zero-order chi connectivity index (χ0) is 11.6. The number of nitrogens with zero attached hydrogens (tertiary/aromatic N) is 1. The fourth-order valence-corrected chi connectivity index (χ4v) is 1.78. The Hall–Kier alpha value is -1.27. The van der Waals surface area contributed by atoms with Crippen LogP contribution in [0, 0.1) is 22.6 Å². The molecule has 0 aromatic heterocycles. The predicted octanol–water partition coefficient (Wildman–Crippen LogP) is 3.55. The van der Waals surface area contributed by atoms with Gasteiger partial charge in [-0.15, -0.1) is 0 Å². The van der Waals surface area contributed by atoms with Gasteiger partial charge >= 0.3 is 0 Å². The predicted molar refractivity (Wildman–Crippen MR) is 58.8 cm³/mol. The molecule has 1 aromatic rings. The highest BCUT2D eigenvalue weighted by molar-refractivity contribution is 6.32. The molecule has 1 saturated carbocycles. The summed E-state index contributed by atoms with van der Waals surface area (Å²) >= 11 is 5.83. The molecule has 2 rings (SSSR count). The zero-order valence-electron chi connectivity index (χ0n) is 8.67. The molecule has 16 heavy (non-hydrogen) atoms. The SMILES string of the molecule is N#CCC1(COc2c(F)cccc2Cl)CC1. The number of benzene rings is 1. The Morgan fingerprint density at radius 1 is 1.50 bits per heavy atom. The smallest absolute Gasteiger partial charge is 0.173 e. The largest absolute Gasteiger partial charge is 0.488 e. The van der Waals surface area contributed by atoms with Crippen LogP contribution in [-0.4, -0.2) is 6.61 Å². The minimum absolute atomic E-state index is 0.0691. The summed E-state index contributed by atoms with van der Waals surface area (Å²) < 4.78 is 18.7. The van der Waals surface area contributed by atoms with E-state index < -0.39 is 5.82 Å². The van der Waals surface area contributed by atoms with Gasteiger partial charge in [0.25, 0.3) is 0 Å². The van der Waals surface area contributed by atoms with Crippen LogP contribution >= 0.6 is 11.6 Å². The van der Waals surface area contributed by atoms with E-state index in [9.17, 15) is 4.39 Å². The van der Waals surface area contributed by atoms with Gasteiger partial charge in [-0.2, -0.15) is 5.26 Å². The molecule has 1 fully saturated rings. The van der Waals surface area contributed by atoms with Crippen LogP contribution in [0.2, 0.25) is 5.02 Å². The van der Waals surface area contributed by atoms with Gasteiger partial charge in [0.15, 0.2) is 11.6 Å². The van der Waals surface area contributed by atoms with Crippen LogP contribution in [-0.2, 0) is 0 Å². The number of rotatable bonds is 4. The molecule has 0 amide bonds. The van der Waals surface area contributed by atoms with E-state index in [4.69, 9.17) is 21.6 Å². The van der Waals surface area contributed by atoms with Crippen molar-refractivity contribution in [2.75, 3.05) is 6.61 Å². The molecule has 0 aliphatic heterocycles. The summed E-state index contributed by atoms with van der Waals surface area (Å²) in [7, 11) is 0. The molecule has 1 aliphatic rings. The first kappa shape index (κ1) is 11.2. The molecule has 1 aliphatic carbocycles. The Morgan fingerprint density at radius 3 is 2.81 bits per heavy atom. The van der Waals surface area contributed by atoms with E-state index in [1.165, 1.54) is 12.1 Å². The van der Waals surface area contributed by atoms with Gasteiger partial charge < -0.3 is 4.74 Å². The normalized spacial score (nSPS) is 16.6. The summed E-state index contributed by atoms with van der Waals surface area (Å²) in [5.41, 5.74) is -0.0691. The topological polar surface area (TPSA) is 33.0 Å². The monoisotopic (exact) mass is 239 g/mol. The minimum Gasteiger partial charge on any atom is -0.488 e. The van der Waals surface area contributed by atoms with Crippen molar-refractivity contribution in [1.82, 2.24) is 0 Å². The zero-order valence-corrected chi connectivity index (χ0v) is 9.43. The van der Waals surface area contributed by atoms with Gasteiger partial charge in [0.05, 0.1) is 17.7 Å². The molecule has 0 heterocycles. The van der Waals surface area contributed by atoms with Crippen molar-refractivity contribution in [3.63, 3.8) is 0 Å². The number of halogens is 2. The minimum atomic E-state index is -0.458. The van der Waals surface area contributed by atoms with E-state index in [-0.39, 0.29) is 16.2 Å². The first-order valence-corrected chi connectivity index (χ1v) is 5.48. The molecule has 2 nitrogen and oxygen atoms in total. The van der Waals surface area contributed by atoms with Crippen LogP contribution in [0.4, 0.5) is 4.39 Å². The van der Waals surface area contributed by atoms with E-state index in [1.54, 1.807) is 6.07 Å². The molecule has 0 spiro atoms. The molecule has 4 heteroatoms. The molecular weight excluding hydrogens is 229 g/mol. The van der Waals surface area contributed by atoms with Crippen LogP contribution in [0.3, 0.4) is 0 Å². The standard InChI is InChI=1S/C12H11ClFNO/c13-9-2-1-3-10(14)11(9)16-8-12(4-5-12)6-7-15/h1-3H,4-6,8H2. The third-order valence-corrected chi connectivity index (χ3v) is 3.15. The Labute approximate surface area is 98.6 Å². The van der Waals surface area contributed by atoms with Crippen LogP contribution in [0.15, 0.2) is 18.2 Å². The van der Waals surface area contributed by atoms with E-state index in [1.807, 2.05) is 0 Å². The van der Waals surface area contributed by atoms with Gasteiger partial charge in [-0.1, -0.05) is 17.7 Å². The third kappa shape index (κ3) is 2.28. The maximum atomic E-state index is 13.4. The summed E-state index contributed by atoms with van der Waals surface area (Å²) in [5.74, 6) is -0.367. The number of para-hydroxylation sites is 1. The molecule has 0 atom stereocenters. The van der Waals surface area contributed by atoms with Crippen molar-refractivity contribution >= 4 is 11.6 Å². The van der Waals surface area contributed by atoms with Gasteiger partial charge in [0, 0.05) is 11.8 Å². The van der Waals surface area contributed by atoms with Crippen molar-refractivity contribution < 1.29 is 9.13 Å². The maximum absolute atomic E-state index is 13.4. The van der Waals surface area contributed by atoms with Crippen LogP contribution < -0.4 is 4.74 Å². The second-order valence-electron chi connectivity index (χ2n) is 4.17. The Bertz CT molecular complexity index is 417. The van der Waals surface area contributed by atoms with Crippen LogP contribution in [0.1, 0.15) is 19.3 Å². The molecule has 84 valence electrons. The number of hydrogen-bond donors (Lipinski definition) is 0. The average Bonchev–Trinajstić information content (AvgIpc) is 2.98. The summed E-state index contributed by atoms with van der Waals surface area (Å²) in [6.45, 7) is 0.362. The number of ether oxygens (including phenoxy) is 1. The van der Waals surface area contributed by atoms with Gasteiger partial charge in [-0.25, -0.2) is 4.39 Å². The van der Waals surface area contributed by atoms with E-state index in [0.717, 1.165) is 12.8 Å². The molecule has 0 bridgehead atoms.